The van der Waals surface area contributed by atoms with Crippen molar-refractivity contribution in [3.63, 3.8) is 0 Å². The molecule has 0 aromatic heterocycles. The number of halogens is 2. The zero-order chi connectivity index (χ0) is 17.3. The molecule has 1 amide bonds. The van der Waals surface area contributed by atoms with Gasteiger partial charge in [-0.3, -0.25) is 4.79 Å². The Morgan fingerprint density at radius 3 is 2.54 bits per heavy atom. The Hall–Kier alpha value is -1.62. The molecule has 0 saturated heterocycles. The third-order valence-electron chi connectivity index (χ3n) is 3.81. The minimum absolute atomic E-state index is 0.246. The van der Waals surface area contributed by atoms with Crippen molar-refractivity contribution in [1.82, 2.24) is 5.32 Å². The number of nitrogens with one attached hydrogen (secondary N) is 1. The number of nitrogens with two attached hydrogens (primary N) is 1. The van der Waals surface area contributed by atoms with Gasteiger partial charge in [-0.15, -0.1) is 0 Å². The number of rotatable bonds is 4. The van der Waals surface area contributed by atoms with Gasteiger partial charge < -0.3 is 11.1 Å². The predicted octanol–water partition coefficient (Wildman–Crippen LogP) is 4.69. The zero-order valence-electron chi connectivity index (χ0n) is 13.0. The molecule has 0 radical (unpaired) electrons. The highest BCUT2D eigenvalue weighted by atomic mass is 35.5. The SMILES string of the molecule is CC1=C(c2ccc(C(N)=O)c(Cl)c2)SC(Cc2ccc(Cl)cc2)N1. The van der Waals surface area contributed by atoms with Crippen molar-refractivity contribution in [3.8, 4) is 0 Å². The van der Waals surface area contributed by atoms with Gasteiger partial charge in [0.15, 0.2) is 0 Å². The lowest BCUT2D eigenvalue weighted by atomic mass is 10.1. The Bertz CT molecular complexity index is 818. The molecule has 0 bridgehead atoms. The van der Waals surface area contributed by atoms with E-state index in [1.165, 1.54) is 5.56 Å². The molecule has 1 aliphatic heterocycles. The second-order valence-corrected chi connectivity index (χ2v) is 7.65. The van der Waals surface area contributed by atoms with Crippen molar-refractivity contribution in [2.45, 2.75) is 18.7 Å². The van der Waals surface area contributed by atoms with Crippen LogP contribution in [0, 0.1) is 0 Å². The van der Waals surface area contributed by atoms with Gasteiger partial charge in [0, 0.05) is 22.0 Å². The van der Waals surface area contributed by atoms with E-state index in [1.54, 1.807) is 23.9 Å². The lowest BCUT2D eigenvalue weighted by molar-refractivity contribution is 0.100. The molecule has 1 atom stereocenters. The predicted molar refractivity (Wildman–Crippen MR) is 102 cm³/mol. The van der Waals surface area contributed by atoms with Crippen LogP contribution in [-0.2, 0) is 6.42 Å². The molecular weight excluding hydrogens is 363 g/mol. The Kier molecular flexibility index (Phi) is 5.09. The zero-order valence-corrected chi connectivity index (χ0v) is 15.3. The van der Waals surface area contributed by atoms with Crippen molar-refractivity contribution < 1.29 is 4.79 Å². The highest BCUT2D eigenvalue weighted by Gasteiger charge is 2.23. The maximum atomic E-state index is 11.3. The van der Waals surface area contributed by atoms with Gasteiger partial charge in [0.05, 0.1) is 16.0 Å². The number of carbonyl (C=O) groups excluding carboxylic acids is 1. The van der Waals surface area contributed by atoms with Gasteiger partial charge in [-0.1, -0.05) is 53.2 Å². The summed E-state index contributed by atoms with van der Waals surface area (Å²) < 4.78 is 0. The highest BCUT2D eigenvalue weighted by Crippen LogP contribution is 2.40. The summed E-state index contributed by atoms with van der Waals surface area (Å²) in [7, 11) is 0. The van der Waals surface area contributed by atoms with E-state index in [0.717, 1.165) is 27.6 Å². The van der Waals surface area contributed by atoms with Crippen LogP contribution < -0.4 is 11.1 Å². The van der Waals surface area contributed by atoms with Crippen LogP contribution in [0.25, 0.3) is 4.91 Å². The van der Waals surface area contributed by atoms with Crippen LogP contribution in [0.1, 0.15) is 28.4 Å². The Morgan fingerprint density at radius 2 is 1.92 bits per heavy atom. The number of carbonyl (C=O) groups is 1. The molecule has 2 aromatic carbocycles. The van der Waals surface area contributed by atoms with Gasteiger partial charge in [-0.2, -0.15) is 0 Å². The largest absolute Gasteiger partial charge is 0.375 e. The van der Waals surface area contributed by atoms with Crippen LogP contribution in [-0.4, -0.2) is 11.3 Å². The number of allylic oxidation sites excluding steroid dienone is 1. The first-order valence-corrected chi connectivity index (χ1v) is 9.06. The van der Waals surface area contributed by atoms with Gasteiger partial charge in [-0.05, 0) is 42.3 Å². The van der Waals surface area contributed by atoms with Gasteiger partial charge in [-0.25, -0.2) is 0 Å². The minimum atomic E-state index is -0.518. The third kappa shape index (κ3) is 3.72. The second-order valence-electron chi connectivity index (χ2n) is 5.59. The molecule has 0 fully saturated rings. The second kappa shape index (κ2) is 7.09. The lowest BCUT2D eigenvalue weighted by Crippen LogP contribution is -2.21. The number of primary amides is 1. The van der Waals surface area contributed by atoms with E-state index >= 15 is 0 Å². The molecule has 1 heterocycles. The standard InChI is InChI=1S/C18H16Cl2N2OS/c1-10-17(12-4-7-14(18(21)23)15(20)9-12)24-16(22-10)8-11-2-5-13(19)6-3-11/h2-7,9,16,22H,8H2,1H3,(H2,21,23). The van der Waals surface area contributed by atoms with Gasteiger partial charge in [0.1, 0.15) is 0 Å². The van der Waals surface area contributed by atoms with Crippen LogP contribution in [0.15, 0.2) is 48.2 Å². The van der Waals surface area contributed by atoms with E-state index in [2.05, 4.69) is 5.32 Å². The molecule has 0 saturated carbocycles. The van der Waals surface area contributed by atoms with Gasteiger partial charge in [0.25, 0.3) is 0 Å². The van der Waals surface area contributed by atoms with Gasteiger partial charge in [0.2, 0.25) is 5.91 Å². The van der Waals surface area contributed by atoms with Gasteiger partial charge >= 0.3 is 0 Å². The fourth-order valence-electron chi connectivity index (χ4n) is 2.64. The van der Waals surface area contributed by atoms with E-state index in [4.69, 9.17) is 28.9 Å². The summed E-state index contributed by atoms with van der Waals surface area (Å²) in [5, 5.41) is 4.86. The van der Waals surface area contributed by atoms with E-state index < -0.39 is 5.91 Å². The number of hydrogen-bond donors (Lipinski definition) is 2. The summed E-state index contributed by atoms with van der Waals surface area (Å²) in [4.78, 5) is 12.4. The highest BCUT2D eigenvalue weighted by molar-refractivity contribution is 8.09. The van der Waals surface area contributed by atoms with Crippen LogP contribution in [0.3, 0.4) is 0 Å². The smallest absolute Gasteiger partial charge is 0.250 e. The Labute approximate surface area is 155 Å². The summed E-state index contributed by atoms with van der Waals surface area (Å²) in [5.74, 6) is -0.518. The Morgan fingerprint density at radius 1 is 1.21 bits per heavy atom. The molecule has 1 unspecified atom stereocenters. The molecule has 6 heteroatoms. The quantitative estimate of drug-likeness (QED) is 0.811. The van der Waals surface area contributed by atoms with Crippen LogP contribution >= 0.6 is 35.0 Å². The molecule has 2 aromatic rings. The molecule has 124 valence electrons. The number of benzene rings is 2. The molecule has 3 rings (SSSR count). The number of thioether (sulfide) groups is 1. The van der Waals surface area contributed by atoms with E-state index in [-0.39, 0.29) is 5.37 Å². The molecule has 1 aliphatic rings. The molecule has 3 nitrogen and oxygen atoms in total. The molecule has 0 spiro atoms. The topological polar surface area (TPSA) is 55.1 Å². The van der Waals surface area contributed by atoms with Crippen LogP contribution in [0.4, 0.5) is 0 Å². The minimum Gasteiger partial charge on any atom is -0.375 e. The van der Waals surface area contributed by atoms with Crippen LogP contribution in [0.2, 0.25) is 10.0 Å². The van der Waals surface area contributed by atoms with E-state index in [0.29, 0.717) is 10.6 Å². The average molecular weight is 379 g/mol. The average Bonchev–Trinajstić information content (AvgIpc) is 2.89. The van der Waals surface area contributed by atoms with Crippen molar-refractivity contribution in [2.75, 3.05) is 0 Å². The van der Waals surface area contributed by atoms with Crippen molar-refractivity contribution in [3.05, 3.63) is 74.9 Å². The number of hydrogen-bond acceptors (Lipinski definition) is 3. The fraction of sp³-hybridized carbons (Fsp3) is 0.167. The molecule has 24 heavy (non-hydrogen) atoms. The number of amides is 1. The fourth-order valence-corrected chi connectivity index (χ4v) is 4.33. The summed E-state index contributed by atoms with van der Waals surface area (Å²) in [6.45, 7) is 2.04. The first kappa shape index (κ1) is 17.2. The molecule has 0 aliphatic carbocycles. The maximum absolute atomic E-state index is 11.3. The molecular formula is C18H16Cl2N2OS. The van der Waals surface area contributed by atoms with Crippen molar-refractivity contribution >= 4 is 45.8 Å². The maximum Gasteiger partial charge on any atom is 0.250 e. The normalized spacial score (nSPS) is 17.0. The van der Waals surface area contributed by atoms with Crippen LogP contribution in [0.5, 0.6) is 0 Å². The van der Waals surface area contributed by atoms with E-state index in [1.807, 2.05) is 37.3 Å². The Balaban J connectivity index is 1.75. The first-order valence-electron chi connectivity index (χ1n) is 7.42. The summed E-state index contributed by atoms with van der Waals surface area (Å²) in [6.07, 6.45) is 0.885. The summed E-state index contributed by atoms with van der Waals surface area (Å²) >= 11 is 13.9. The first-order chi connectivity index (χ1) is 11.4. The van der Waals surface area contributed by atoms with Crippen molar-refractivity contribution in [2.24, 2.45) is 5.73 Å². The lowest BCUT2D eigenvalue weighted by Gasteiger charge is -2.11. The third-order valence-corrected chi connectivity index (χ3v) is 5.72. The van der Waals surface area contributed by atoms with E-state index in [9.17, 15) is 4.79 Å². The van der Waals surface area contributed by atoms with Crippen molar-refractivity contribution in [1.29, 1.82) is 0 Å². The molecule has 3 N–H and O–H groups in total. The summed E-state index contributed by atoms with van der Waals surface area (Å²) in [5.41, 5.74) is 8.95. The summed E-state index contributed by atoms with van der Waals surface area (Å²) in [6, 6.07) is 13.2. The monoisotopic (exact) mass is 378 g/mol.